The van der Waals surface area contributed by atoms with Crippen LogP contribution in [-0.2, 0) is 9.53 Å². The van der Waals surface area contributed by atoms with Crippen molar-refractivity contribution in [2.24, 2.45) is 17.1 Å². The van der Waals surface area contributed by atoms with E-state index in [4.69, 9.17) is 10.5 Å². The summed E-state index contributed by atoms with van der Waals surface area (Å²) in [7, 11) is 0. The molecule has 0 aromatic heterocycles. The maximum atomic E-state index is 12.3. The second kappa shape index (κ2) is 4.94. The van der Waals surface area contributed by atoms with E-state index < -0.39 is 5.41 Å². The summed E-state index contributed by atoms with van der Waals surface area (Å²) in [5.74, 6) is 0.697. The molecule has 3 N–H and O–H groups in total. The highest BCUT2D eigenvalue weighted by Gasteiger charge is 2.45. The number of carbonyl (C=O) groups excluding carboxylic acids is 1. The van der Waals surface area contributed by atoms with E-state index in [0.717, 1.165) is 0 Å². The zero-order valence-electron chi connectivity index (χ0n) is 10.9. The Morgan fingerprint density at radius 2 is 2.12 bits per heavy atom. The molecular formula is C13H24N2O2. The predicted molar refractivity (Wildman–Crippen MR) is 66.5 cm³/mol. The van der Waals surface area contributed by atoms with Crippen LogP contribution in [0.15, 0.2) is 0 Å². The molecule has 1 heterocycles. The molecule has 0 aromatic rings. The standard InChI is InChI=1S/C13H24N2O2/c1-9(10-5-3-4-6-10)15-12(16)13(2)8-17-7-11(13)14/h9-11H,3-8,14H2,1-2H3,(H,15,16)/t9-,11?,13?/m0/s1. The van der Waals surface area contributed by atoms with Crippen molar-refractivity contribution in [2.75, 3.05) is 13.2 Å². The monoisotopic (exact) mass is 240 g/mol. The zero-order chi connectivity index (χ0) is 12.5. The first-order valence-corrected chi connectivity index (χ1v) is 6.68. The van der Waals surface area contributed by atoms with Crippen LogP contribution in [0.1, 0.15) is 39.5 Å². The van der Waals surface area contributed by atoms with Crippen molar-refractivity contribution in [3.63, 3.8) is 0 Å². The molecule has 98 valence electrons. The largest absolute Gasteiger partial charge is 0.379 e. The van der Waals surface area contributed by atoms with Crippen molar-refractivity contribution >= 4 is 5.91 Å². The Hall–Kier alpha value is -0.610. The van der Waals surface area contributed by atoms with Gasteiger partial charge in [0.1, 0.15) is 0 Å². The van der Waals surface area contributed by atoms with Crippen LogP contribution in [0.5, 0.6) is 0 Å². The van der Waals surface area contributed by atoms with Crippen LogP contribution in [-0.4, -0.2) is 31.2 Å². The highest BCUT2D eigenvalue weighted by atomic mass is 16.5. The van der Waals surface area contributed by atoms with Gasteiger partial charge in [-0.05, 0) is 32.6 Å². The normalized spacial score (nSPS) is 36.1. The Morgan fingerprint density at radius 1 is 1.47 bits per heavy atom. The Labute approximate surface area is 103 Å². The first-order chi connectivity index (χ1) is 8.04. The SMILES string of the molecule is C[C@H](NC(=O)C1(C)COCC1N)C1CCCC1. The molecule has 2 unspecified atom stereocenters. The summed E-state index contributed by atoms with van der Waals surface area (Å²) in [6, 6.07) is 0.0768. The Balaban J connectivity index is 1.91. The molecular weight excluding hydrogens is 216 g/mol. The van der Waals surface area contributed by atoms with Gasteiger partial charge >= 0.3 is 0 Å². The smallest absolute Gasteiger partial charge is 0.230 e. The van der Waals surface area contributed by atoms with Gasteiger partial charge in [0.25, 0.3) is 0 Å². The van der Waals surface area contributed by atoms with Crippen molar-refractivity contribution < 1.29 is 9.53 Å². The molecule has 0 radical (unpaired) electrons. The van der Waals surface area contributed by atoms with Crippen LogP contribution in [0.4, 0.5) is 0 Å². The topological polar surface area (TPSA) is 64.3 Å². The number of hydrogen-bond acceptors (Lipinski definition) is 3. The van der Waals surface area contributed by atoms with E-state index in [1.165, 1.54) is 25.7 Å². The van der Waals surface area contributed by atoms with Gasteiger partial charge in [-0.2, -0.15) is 0 Å². The van der Waals surface area contributed by atoms with E-state index in [0.29, 0.717) is 19.1 Å². The summed E-state index contributed by atoms with van der Waals surface area (Å²) in [4.78, 5) is 12.3. The highest BCUT2D eigenvalue weighted by Crippen LogP contribution is 2.30. The molecule has 1 aliphatic heterocycles. The van der Waals surface area contributed by atoms with Gasteiger partial charge in [-0.1, -0.05) is 12.8 Å². The van der Waals surface area contributed by atoms with Gasteiger partial charge in [0.15, 0.2) is 0 Å². The lowest BCUT2D eigenvalue weighted by Crippen LogP contribution is -2.52. The van der Waals surface area contributed by atoms with Crippen molar-refractivity contribution in [3.8, 4) is 0 Å². The van der Waals surface area contributed by atoms with E-state index in [1.807, 2.05) is 6.92 Å². The quantitative estimate of drug-likeness (QED) is 0.775. The van der Waals surface area contributed by atoms with Crippen LogP contribution in [0.25, 0.3) is 0 Å². The molecule has 2 aliphatic rings. The van der Waals surface area contributed by atoms with Gasteiger partial charge in [0.2, 0.25) is 5.91 Å². The maximum absolute atomic E-state index is 12.3. The van der Waals surface area contributed by atoms with Gasteiger partial charge in [-0.15, -0.1) is 0 Å². The Morgan fingerprint density at radius 3 is 2.65 bits per heavy atom. The fourth-order valence-corrected chi connectivity index (χ4v) is 2.87. The molecule has 1 aliphatic carbocycles. The van der Waals surface area contributed by atoms with Gasteiger partial charge in [-0.25, -0.2) is 0 Å². The minimum absolute atomic E-state index is 0.0573. The van der Waals surface area contributed by atoms with Crippen LogP contribution >= 0.6 is 0 Å². The van der Waals surface area contributed by atoms with Gasteiger partial charge in [-0.3, -0.25) is 4.79 Å². The molecule has 4 heteroatoms. The summed E-state index contributed by atoms with van der Waals surface area (Å²) in [5.41, 5.74) is 5.41. The lowest BCUT2D eigenvalue weighted by atomic mass is 9.84. The molecule has 1 saturated carbocycles. The number of ether oxygens (including phenoxy) is 1. The molecule has 1 amide bonds. The Bertz CT molecular complexity index is 289. The summed E-state index contributed by atoms with van der Waals surface area (Å²) in [5, 5.41) is 3.14. The summed E-state index contributed by atoms with van der Waals surface area (Å²) in [6.45, 7) is 4.94. The fraction of sp³-hybridized carbons (Fsp3) is 0.923. The van der Waals surface area contributed by atoms with Gasteiger partial charge in [0, 0.05) is 12.1 Å². The molecule has 0 bridgehead atoms. The Kier molecular flexibility index (Phi) is 3.73. The molecule has 0 spiro atoms. The third-order valence-electron chi connectivity index (χ3n) is 4.50. The second-order valence-electron chi connectivity index (χ2n) is 5.85. The van der Waals surface area contributed by atoms with Crippen LogP contribution in [0.3, 0.4) is 0 Å². The summed E-state index contributed by atoms with van der Waals surface area (Å²) in [6.07, 6.45) is 5.07. The number of nitrogens with two attached hydrogens (primary N) is 1. The molecule has 17 heavy (non-hydrogen) atoms. The molecule has 1 saturated heterocycles. The van der Waals surface area contributed by atoms with Crippen LogP contribution < -0.4 is 11.1 Å². The number of hydrogen-bond donors (Lipinski definition) is 2. The third kappa shape index (κ3) is 2.47. The van der Waals surface area contributed by atoms with Gasteiger partial charge < -0.3 is 15.8 Å². The highest BCUT2D eigenvalue weighted by molar-refractivity contribution is 5.83. The average molecular weight is 240 g/mol. The number of carbonyl (C=O) groups is 1. The van der Waals surface area contributed by atoms with E-state index in [9.17, 15) is 4.79 Å². The number of nitrogens with one attached hydrogen (secondary N) is 1. The molecule has 3 atom stereocenters. The van der Waals surface area contributed by atoms with Crippen molar-refractivity contribution in [1.29, 1.82) is 0 Å². The van der Waals surface area contributed by atoms with E-state index in [-0.39, 0.29) is 18.0 Å². The maximum Gasteiger partial charge on any atom is 0.230 e. The molecule has 4 nitrogen and oxygen atoms in total. The van der Waals surface area contributed by atoms with Crippen LogP contribution in [0, 0.1) is 11.3 Å². The van der Waals surface area contributed by atoms with Crippen molar-refractivity contribution in [2.45, 2.75) is 51.6 Å². The molecule has 2 rings (SSSR count). The second-order valence-corrected chi connectivity index (χ2v) is 5.85. The van der Waals surface area contributed by atoms with Crippen LogP contribution in [0.2, 0.25) is 0 Å². The van der Waals surface area contributed by atoms with E-state index in [2.05, 4.69) is 12.2 Å². The lowest BCUT2D eigenvalue weighted by Gasteiger charge is -2.29. The van der Waals surface area contributed by atoms with E-state index >= 15 is 0 Å². The van der Waals surface area contributed by atoms with E-state index in [1.54, 1.807) is 0 Å². The lowest BCUT2D eigenvalue weighted by molar-refractivity contribution is -0.131. The fourth-order valence-electron chi connectivity index (χ4n) is 2.87. The minimum atomic E-state index is -0.549. The molecule has 2 fully saturated rings. The third-order valence-corrected chi connectivity index (χ3v) is 4.50. The summed E-state index contributed by atoms with van der Waals surface area (Å²) < 4.78 is 5.31. The minimum Gasteiger partial charge on any atom is -0.379 e. The first kappa shape index (κ1) is 12.8. The van der Waals surface area contributed by atoms with Crippen molar-refractivity contribution in [1.82, 2.24) is 5.32 Å². The predicted octanol–water partition coefficient (Wildman–Crippen LogP) is 1.05. The number of rotatable bonds is 3. The summed E-state index contributed by atoms with van der Waals surface area (Å²) >= 11 is 0. The zero-order valence-corrected chi connectivity index (χ0v) is 10.9. The molecule has 0 aromatic carbocycles. The number of amides is 1. The first-order valence-electron chi connectivity index (χ1n) is 6.68. The van der Waals surface area contributed by atoms with Gasteiger partial charge in [0.05, 0.1) is 18.6 Å². The van der Waals surface area contributed by atoms with Crippen molar-refractivity contribution in [3.05, 3.63) is 0 Å². The average Bonchev–Trinajstić information content (AvgIpc) is 2.90.